The molecular formula is C20H23F3N2O4. The summed E-state index contributed by atoms with van der Waals surface area (Å²) in [5.41, 5.74) is 0.208. The minimum Gasteiger partial charge on any atom is -0.405 e. The zero-order valence-corrected chi connectivity index (χ0v) is 16.1. The van der Waals surface area contributed by atoms with Gasteiger partial charge in [0.05, 0.1) is 11.8 Å². The molecule has 3 rings (SSSR count). The summed E-state index contributed by atoms with van der Waals surface area (Å²) in [6.45, 7) is -0.0905. The molecule has 29 heavy (non-hydrogen) atoms. The zero-order chi connectivity index (χ0) is 21.2. The van der Waals surface area contributed by atoms with Gasteiger partial charge in [-0.3, -0.25) is 19.3 Å². The Balaban J connectivity index is 1.58. The van der Waals surface area contributed by atoms with E-state index in [2.05, 4.69) is 4.74 Å². The molecule has 1 aliphatic carbocycles. The fraction of sp³-hybridized carbons (Fsp3) is 0.550. The smallest absolute Gasteiger partial charge is 0.405 e. The van der Waals surface area contributed by atoms with Gasteiger partial charge in [-0.25, -0.2) is 0 Å². The molecule has 1 saturated carbocycles. The van der Waals surface area contributed by atoms with Crippen LogP contribution in [-0.2, 0) is 20.9 Å². The van der Waals surface area contributed by atoms with Crippen LogP contribution < -0.4 is 4.74 Å². The molecule has 0 bridgehead atoms. The average Bonchev–Trinajstić information content (AvgIpc) is 2.91. The van der Waals surface area contributed by atoms with Gasteiger partial charge >= 0.3 is 6.36 Å². The zero-order valence-electron chi connectivity index (χ0n) is 16.1. The Kier molecular flexibility index (Phi) is 6.14. The van der Waals surface area contributed by atoms with Crippen LogP contribution in [0.4, 0.5) is 13.2 Å². The van der Waals surface area contributed by atoms with Gasteiger partial charge in [0.1, 0.15) is 5.75 Å². The minimum absolute atomic E-state index is 0.00542. The van der Waals surface area contributed by atoms with Gasteiger partial charge in [0.2, 0.25) is 17.7 Å². The normalized spacial score (nSPS) is 21.9. The highest BCUT2D eigenvalue weighted by atomic mass is 19.4. The standard InChI is InChI=1S/C20H23F3N2O4/c1-24(12-13-6-2-5-9-16(13)29-20(21,22)23)17(26)10-11-25-18(27)14-7-3-4-8-15(14)19(25)28/h2,5-6,9,14-15H,3-4,7-8,10-12H2,1H3. The van der Waals surface area contributed by atoms with E-state index in [-0.39, 0.29) is 60.4 Å². The molecule has 1 heterocycles. The lowest BCUT2D eigenvalue weighted by Gasteiger charge is -2.21. The Bertz CT molecular complexity index is 772. The number of hydrogen-bond donors (Lipinski definition) is 0. The first-order valence-corrected chi connectivity index (χ1v) is 9.60. The van der Waals surface area contributed by atoms with Crippen LogP contribution >= 0.6 is 0 Å². The summed E-state index contributed by atoms with van der Waals surface area (Å²) in [6.07, 6.45) is -1.64. The van der Waals surface area contributed by atoms with Crippen molar-refractivity contribution in [3.05, 3.63) is 29.8 Å². The molecule has 2 aliphatic rings. The second-order valence-corrected chi connectivity index (χ2v) is 7.48. The number of rotatable bonds is 6. The van der Waals surface area contributed by atoms with Crippen molar-refractivity contribution in [2.45, 2.75) is 45.0 Å². The molecule has 1 aromatic rings. The van der Waals surface area contributed by atoms with E-state index in [1.807, 2.05) is 0 Å². The predicted octanol–water partition coefficient (Wildman–Crippen LogP) is 3.11. The van der Waals surface area contributed by atoms with E-state index < -0.39 is 6.36 Å². The largest absolute Gasteiger partial charge is 0.573 e. The predicted molar refractivity (Wildman–Crippen MR) is 96.4 cm³/mol. The maximum Gasteiger partial charge on any atom is 0.573 e. The van der Waals surface area contributed by atoms with Gasteiger partial charge in [0.15, 0.2) is 0 Å². The maximum absolute atomic E-state index is 12.5. The molecule has 0 radical (unpaired) electrons. The Morgan fingerprint density at radius 2 is 1.72 bits per heavy atom. The second-order valence-electron chi connectivity index (χ2n) is 7.48. The summed E-state index contributed by atoms with van der Waals surface area (Å²) in [7, 11) is 1.46. The van der Waals surface area contributed by atoms with Crippen LogP contribution in [0.3, 0.4) is 0 Å². The monoisotopic (exact) mass is 412 g/mol. The second kappa shape index (κ2) is 8.42. The number of benzene rings is 1. The minimum atomic E-state index is -4.83. The summed E-state index contributed by atoms with van der Waals surface area (Å²) in [5.74, 6) is -1.69. The van der Waals surface area contributed by atoms with Gasteiger partial charge < -0.3 is 9.64 Å². The third-order valence-electron chi connectivity index (χ3n) is 5.51. The molecular weight excluding hydrogens is 389 g/mol. The van der Waals surface area contributed by atoms with Crippen LogP contribution in [0.2, 0.25) is 0 Å². The molecule has 1 saturated heterocycles. The lowest BCUT2D eigenvalue weighted by Crippen LogP contribution is -2.36. The Labute approximate surface area is 166 Å². The lowest BCUT2D eigenvalue weighted by molar-refractivity contribution is -0.275. The van der Waals surface area contributed by atoms with Gasteiger partial charge in [-0.15, -0.1) is 13.2 Å². The number of imide groups is 1. The Morgan fingerprint density at radius 3 is 2.31 bits per heavy atom. The molecule has 1 aromatic carbocycles. The summed E-state index contributed by atoms with van der Waals surface area (Å²) in [4.78, 5) is 39.8. The number of carbonyl (C=O) groups excluding carboxylic acids is 3. The number of amides is 3. The Morgan fingerprint density at radius 1 is 1.14 bits per heavy atom. The number of carbonyl (C=O) groups is 3. The van der Waals surface area contributed by atoms with Gasteiger partial charge in [-0.1, -0.05) is 31.0 Å². The van der Waals surface area contributed by atoms with Crippen molar-refractivity contribution in [1.29, 1.82) is 0 Å². The van der Waals surface area contributed by atoms with Crippen LogP contribution in [-0.4, -0.2) is 47.5 Å². The van der Waals surface area contributed by atoms with Crippen molar-refractivity contribution >= 4 is 17.7 Å². The number of ether oxygens (including phenoxy) is 1. The molecule has 9 heteroatoms. The summed E-state index contributed by atoms with van der Waals surface area (Å²) < 4.78 is 41.6. The average molecular weight is 412 g/mol. The van der Waals surface area contributed by atoms with Crippen molar-refractivity contribution in [2.24, 2.45) is 11.8 Å². The van der Waals surface area contributed by atoms with E-state index >= 15 is 0 Å². The van der Waals surface area contributed by atoms with Crippen LogP contribution in [0.15, 0.2) is 24.3 Å². The van der Waals surface area contributed by atoms with Gasteiger partial charge in [0, 0.05) is 32.1 Å². The van der Waals surface area contributed by atoms with E-state index in [0.717, 1.165) is 12.8 Å². The number of fused-ring (bicyclic) bond motifs is 1. The van der Waals surface area contributed by atoms with Gasteiger partial charge in [-0.05, 0) is 18.9 Å². The third-order valence-corrected chi connectivity index (χ3v) is 5.51. The first-order valence-electron chi connectivity index (χ1n) is 9.60. The molecule has 3 amide bonds. The number of likely N-dealkylation sites (tertiary alicyclic amines) is 1. The first-order chi connectivity index (χ1) is 13.7. The van der Waals surface area contributed by atoms with Gasteiger partial charge in [-0.2, -0.15) is 0 Å². The molecule has 0 aromatic heterocycles. The van der Waals surface area contributed by atoms with Crippen molar-refractivity contribution in [1.82, 2.24) is 9.80 Å². The van der Waals surface area contributed by atoms with Crippen LogP contribution in [0.1, 0.15) is 37.7 Å². The molecule has 158 valence electrons. The van der Waals surface area contributed by atoms with Gasteiger partial charge in [0.25, 0.3) is 0 Å². The number of halogens is 3. The topological polar surface area (TPSA) is 66.9 Å². The summed E-state index contributed by atoms with van der Waals surface area (Å²) in [5, 5.41) is 0. The van der Waals surface area contributed by atoms with Crippen molar-refractivity contribution < 1.29 is 32.3 Å². The summed E-state index contributed by atoms with van der Waals surface area (Å²) >= 11 is 0. The molecule has 2 fully saturated rings. The van der Waals surface area contributed by atoms with Crippen molar-refractivity contribution in [3.8, 4) is 5.75 Å². The lowest BCUT2D eigenvalue weighted by atomic mass is 9.81. The van der Waals surface area contributed by atoms with Crippen molar-refractivity contribution in [2.75, 3.05) is 13.6 Å². The molecule has 2 atom stereocenters. The summed E-state index contributed by atoms with van der Waals surface area (Å²) in [6, 6.07) is 5.60. The first kappa shape index (κ1) is 21.1. The number of alkyl halides is 3. The van der Waals surface area contributed by atoms with E-state index in [4.69, 9.17) is 0 Å². The number of para-hydroxylation sites is 1. The highest BCUT2D eigenvalue weighted by Gasteiger charge is 2.47. The van der Waals surface area contributed by atoms with E-state index in [0.29, 0.717) is 12.8 Å². The molecule has 6 nitrogen and oxygen atoms in total. The molecule has 0 spiro atoms. The molecule has 2 unspecified atom stereocenters. The Hall–Kier alpha value is -2.58. The van der Waals surface area contributed by atoms with Crippen LogP contribution in [0, 0.1) is 11.8 Å². The van der Waals surface area contributed by atoms with Crippen LogP contribution in [0.25, 0.3) is 0 Å². The van der Waals surface area contributed by atoms with Crippen molar-refractivity contribution in [3.63, 3.8) is 0 Å². The quantitative estimate of drug-likeness (QED) is 0.674. The highest BCUT2D eigenvalue weighted by Crippen LogP contribution is 2.38. The SMILES string of the molecule is CN(Cc1ccccc1OC(F)(F)F)C(=O)CCN1C(=O)C2CCCCC2C1=O. The fourth-order valence-electron chi connectivity index (χ4n) is 4.05. The van der Waals surface area contributed by atoms with E-state index in [1.165, 1.54) is 35.0 Å². The van der Waals surface area contributed by atoms with E-state index in [1.54, 1.807) is 6.07 Å². The fourth-order valence-corrected chi connectivity index (χ4v) is 4.05. The number of nitrogens with zero attached hydrogens (tertiary/aromatic N) is 2. The van der Waals surface area contributed by atoms with Crippen LogP contribution in [0.5, 0.6) is 5.75 Å². The third kappa shape index (κ3) is 4.89. The molecule has 1 aliphatic heterocycles. The maximum atomic E-state index is 12.5. The molecule has 0 N–H and O–H groups in total. The number of hydrogen-bond acceptors (Lipinski definition) is 4. The highest BCUT2D eigenvalue weighted by molar-refractivity contribution is 6.05. The van der Waals surface area contributed by atoms with E-state index in [9.17, 15) is 27.6 Å².